The Morgan fingerprint density at radius 1 is 1.35 bits per heavy atom. The summed E-state index contributed by atoms with van der Waals surface area (Å²) in [6, 6.07) is 0.0939. The maximum atomic E-state index is 12.2. The summed E-state index contributed by atoms with van der Waals surface area (Å²) in [5.74, 6) is 1.35. The van der Waals surface area contributed by atoms with Gasteiger partial charge in [0, 0.05) is 19.1 Å². The third-order valence-corrected chi connectivity index (χ3v) is 5.91. The lowest BCUT2D eigenvalue weighted by molar-refractivity contribution is 0.243. The van der Waals surface area contributed by atoms with Crippen molar-refractivity contribution in [3.05, 3.63) is 0 Å². The Labute approximate surface area is 105 Å². The van der Waals surface area contributed by atoms with Crippen molar-refractivity contribution in [2.24, 2.45) is 17.6 Å². The highest BCUT2D eigenvalue weighted by Gasteiger charge is 2.32. The zero-order valence-electron chi connectivity index (χ0n) is 10.6. The zero-order valence-corrected chi connectivity index (χ0v) is 11.5. The molecule has 17 heavy (non-hydrogen) atoms. The SMILES string of the molecule is CC(N)C1CCCN(S(=O)(=O)CCC2CC2)C1. The Balaban J connectivity index is 1.90. The van der Waals surface area contributed by atoms with Gasteiger partial charge in [0.1, 0.15) is 0 Å². The van der Waals surface area contributed by atoms with Gasteiger partial charge in [0.25, 0.3) is 0 Å². The van der Waals surface area contributed by atoms with Crippen LogP contribution < -0.4 is 5.73 Å². The molecule has 1 saturated heterocycles. The van der Waals surface area contributed by atoms with E-state index in [2.05, 4.69) is 0 Å². The molecule has 0 radical (unpaired) electrons. The third kappa shape index (κ3) is 3.66. The smallest absolute Gasteiger partial charge is 0.214 e. The van der Waals surface area contributed by atoms with Gasteiger partial charge < -0.3 is 5.73 Å². The molecule has 0 aromatic carbocycles. The van der Waals surface area contributed by atoms with Crippen LogP contribution in [0.5, 0.6) is 0 Å². The molecule has 0 amide bonds. The molecule has 1 aliphatic carbocycles. The van der Waals surface area contributed by atoms with E-state index in [0.717, 1.165) is 19.3 Å². The van der Waals surface area contributed by atoms with Crippen LogP contribution >= 0.6 is 0 Å². The first-order chi connectivity index (χ1) is 7.99. The fourth-order valence-corrected chi connectivity index (χ4v) is 4.22. The highest BCUT2D eigenvalue weighted by atomic mass is 32.2. The predicted octanol–water partition coefficient (Wildman–Crippen LogP) is 1.18. The lowest BCUT2D eigenvalue weighted by Gasteiger charge is -2.33. The third-order valence-electron chi connectivity index (χ3n) is 4.04. The van der Waals surface area contributed by atoms with Crippen molar-refractivity contribution in [2.45, 2.75) is 45.1 Å². The Bertz CT molecular complexity index is 350. The molecule has 4 nitrogen and oxygen atoms in total. The highest BCUT2D eigenvalue weighted by molar-refractivity contribution is 7.89. The molecule has 1 saturated carbocycles. The predicted molar refractivity (Wildman–Crippen MR) is 69.1 cm³/mol. The summed E-state index contributed by atoms with van der Waals surface area (Å²) in [4.78, 5) is 0. The van der Waals surface area contributed by atoms with Gasteiger partial charge in [-0.3, -0.25) is 0 Å². The average Bonchev–Trinajstić information content (AvgIpc) is 3.10. The van der Waals surface area contributed by atoms with Crippen LogP contribution in [0.15, 0.2) is 0 Å². The van der Waals surface area contributed by atoms with E-state index in [1.165, 1.54) is 12.8 Å². The van der Waals surface area contributed by atoms with E-state index in [4.69, 9.17) is 5.73 Å². The number of piperidine rings is 1. The van der Waals surface area contributed by atoms with Crippen LogP contribution in [-0.2, 0) is 10.0 Å². The Kier molecular flexibility index (Phi) is 4.10. The van der Waals surface area contributed by atoms with Crippen molar-refractivity contribution in [1.82, 2.24) is 4.31 Å². The lowest BCUT2D eigenvalue weighted by Crippen LogP contribution is -2.45. The standard InChI is InChI=1S/C12H24N2O2S/c1-10(13)12-3-2-7-14(9-12)17(15,16)8-6-11-4-5-11/h10-12H,2-9,13H2,1H3. The van der Waals surface area contributed by atoms with Crippen LogP contribution in [0.25, 0.3) is 0 Å². The molecular formula is C12H24N2O2S. The van der Waals surface area contributed by atoms with Gasteiger partial charge in [-0.1, -0.05) is 12.8 Å². The topological polar surface area (TPSA) is 63.4 Å². The molecule has 2 fully saturated rings. The highest BCUT2D eigenvalue weighted by Crippen LogP contribution is 2.33. The van der Waals surface area contributed by atoms with Gasteiger partial charge in [-0.2, -0.15) is 0 Å². The lowest BCUT2D eigenvalue weighted by atomic mass is 9.93. The summed E-state index contributed by atoms with van der Waals surface area (Å²) in [6.45, 7) is 3.30. The minimum Gasteiger partial charge on any atom is -0.328 e. The fraction of sp³-hybridized carbons (Fsp3) is 1.00. The number of rotatable bonds is 5. The van der Waals surface area contributed by atoms with E-state index in [1.54, 1.807) is 4.31 Å². The number of hydrogen-bond acceptors (Lipinski definition) is 3. The monoisotopic (exact) mass is 260 g/mol. The first-order valence-corrected chi connectivity index (χ1v) is 8.33. The maximum absolute atomic E-state index is 12.2. The zero-order chi connectivity index (χ0) is 12.5. The van der Waals surface area contributed by atoms with Crippen LogP contribution in [0.2, 0.25) is 0 Å². The molecule has 2 N–H and O–H groups in total. The largest absolute Gasteiger partial charge is 0.328 e. The maximum Gasteiger partial charge on any atom is 0.214 e. The second-order valence-corrected chi connectivity index (χ2v) is 7.76. The number of nitrogens with two attached hydrogens (primary N) is 1. The Morgan fingerprint density at radius 3 is 2.65 bits per heavy atom. The quantitative estimate of drug-likeness (QED) is 0.807. The first kappa shape index (κ1) is 13.3. The van der Waals surface area contributed by atoms with Gasteiger partial charge in [0.05, 0.1) is 5.75 Å². The van der Waals surface area contributed by atoms with Gasteiger partial charge in [0.2, 0.25) is 10.0 Å². The second kappa shape index (κ2) is 5.24. The molecule has 2 atom stereocenters. The van der Waals surface area contributed by atoms with Gasteiger partial charge in [-0.05, 0) is 38.0 Å². The Morgan fingerprint density at radius 2 is 2.06 bits per heavy atom. The van der Waals surface area contributed by atoms with Gasteiger partial charge in [0.15, 0.2) is 0 Å². The summed E-state index contributed by atoms with van der Waals surface area (Å²) in [7, 11) is -3.03. The molecule has 0 spiro atoms. The minimum atomic E-state index is -3.03. The normalized spacial score (nSPS) is 29.2. The van der Waals surface area contributed by atoms with Crippen molar-refractivity contribution < 1.29 is 8.42 Å². The summed E-state index contributed by atoms with van der Waals surface area (Å²) in [6.07, 6.45) is 5.30. The molecule has 100 valence electrons. The molecular weight excluding hydrogens is 236 g/mol. The van der Waals surface area contributed by atoms with Gasteiger partial charge in [-0.15, -0.1) is 0 Å². The first-order valence-electron chi connectivity index (χ1n) is 6.72. The van der Waals surface area contributed by atoms with Crippen LogP contribution in [0, 0.1) is 11.8 Å². The van der Waals surface area contributed by atoms with Gasteiger partial charge in [-0.25, -0.2) is 12.7 Å². The van der Waals surface area contributed by atoms with E-state index in [0.29, 0.717) is 30.7 Å². The van der Waals surface area contributed by atoms with Crippen LogP contribution in [-0.4, -0.2) is 37.6 Å². The summed E-state index contributed by atoms with van der Waals surface area (Å²) >= 11 is 0. The van der Waals surface area contributed by atoms with Crippen molar-refractivity contribution in [3.63, 3.8) is 0 Å². The number of nitrogens with zero attached hydrogens (tertiary/aromatic N) is 1. The molecule has 1 aliphatic heterocycles. The van der Waals surface area contributed by atoms with E-state index in [1.807, 2.05) is 6.92 Å². The average molecular weight is 260 g/mol. The summed E-state index contributed by atoms with van der Waals surface area (Å²) in [5.41, 5.74) is 5.88. The van der Waals surface area contributed by atoms with Crippen molar-refractivity contribution in [1.29, 1.82) is 0 Å². The fourth-order valence-electron chi connectivity index (χ4n) is 2.51. The molecule has 0 aromatic heterocycles. The van der Waals surface area contributed by atoms with Gasteiger partial charge >= 0.3 is 0 Å². The van der Waals surface area contributed by atoms with E-state index in [9.17, 15) is 8.42 Å². The van der Waals surface area contributed by atoms with Crippen LogP contribution in [0.1, 0.15) is 39.0 Å². The van der Waals surface area contributed by atoms with Crippen molar-refractivity contribution in [3.8, 4) is 0 Å². The van der Waals surface area contributed by atoms with Crippen molar-refractivity contribution >= 4 is 10.0 Å². The molecule has 2 aliphatic rings. The molecule has 2 rings (SSSR count). The van der Waals surface area contributed by atoms with Crippen molar-refractivity contribution in [2.75, 3.05) is 18.8 Å². The molecule has 1 heterocycles. The van der Waals surface area contributed by atoms with E-state index in [-0.39, 0.29) is 6.04 Å². The second-order valence-electron chi connectivity index (χ2n) is 5.67. The van der Waals surface area contributed by atoms with Crippen LogP contribution in [0.4, 0.5) is 0 Å². The van der Waals surface area contributed by atoms with Crippen LogP contribution in [0.3, 0.4) is 0 Å². The summed E-state index contributed by atoms with van der Waals surface area (Å²) in [5, 5.41) is 0. The number of hydrogen-bond donors (Lipinski definition) is 1. The molecule has 5 heteroatoms. The molecule has 2 unspecified atom stereocenters. The molecule has 0 bridgehead atoms. The minimum absolute atomic E-state index is 0.0939. The number of sulfonamides is 1. The summed E-state index contributed by atoms with van der Waals surface area (Å²) < 4.78 is 26.0. The Hall–Kier alpha value is -0.130. The van der Waals surface area contributed by atoms with E-state index < -0.39 is 10.0 Å². The van der Waals surface area contributed by atoms with E-state index >= 15 is 0 Å². The molecule has 0 aromatic rings.